The van der Waals surface area contributed by atoms with Gasteiger partial charge in [-0.05, 0) is 18.6 Å². The molecule has 0 spiro atoms. The summed E-state index contributed by atoms with van der Waals surface area (Å²) in [6, 6.07) is 6.77. The van der Waals surface area contributed by atoms with Gasteiger partial charge >= 0.3 is 6.09 Å². The predicted octanol–water partition coefficient (Wildman–Crippen LogP) is 0.726. The molecule has 0 aromatic heterocycles. The number of ether oxygens (including phenoxy) is 1. The Morgan fingerprint density at radius 1 is 1.37 bits per heavy atom. The normalized spacial score (nSPS) is 15.6. The number of aryl methyl sites for hydroxylation is 1. The van der Waals surface area contributed by atoms with Gasteiger partial charge in [-0.2, -0.15) is 0 Å². The van der Waals surface area contributed by atoms with Crippen LogP contribution in [0, 0.1) is 6.92 Å². The van der Waals surface area contributed by atoms with Gasteiger partial charge in [0.25, 0.3) is 0 Å². The molecule has 1 aliphatic rings. The molecular formula is C12H16N2O4S. The summed E-state index contributed by atoms with van der Waals surface area (Å²) < 4.78 is 31.4. The Hall–Kier alpha value is -1.60. The topological polar surface area (TPSA) is 75.7 Å². The van der Waals surface area contributed by atoms with Crippen molar-refractivity contribution in [2.75, 3.05) is 26.2 Å². The van der Waals surface area contributed by atoms with Crippen LogP contribution in [0.1, 0.15) is 5.56 Å². The van der Waals surface area contributed by atoms with Crippen molar-refractivity contribution in [2.24, 2.45) is 0 Å². The van der Waals surface area contributed by atoms with Crippen LogP contribution in [0.5, 0.6) is 0 Å². The van der Waals surface area contributed by atoms with E-state index in [1.165, 1.54) is 4.90 Å². The van der Waals surface area contributed by atoms with E-state index in [4.69, 9.17) is 4.74 Å². The molecule has 6 nitrogen and oxygen atoms in total. The fourth-order valence-corrected chi connectivity index (χ4v) is 3.14. The number of hydrogen-bond donors (Lipinski definition) is 1. The number of carbonyl (C=O) groups excluding carboxylic acids is 1. The summed E-state index contributed by atoms with van der Waals surface area (Å²) in [7, 11) is -3.53. The summed E-state index contributed by atoms with van der Waals surface area (Å²) in [5.41, 5.74) is 0.690. The Labute approximate surface area is 112 Å². The van der Waals surface area contributed by atoms with Crippen LogP contribution < -0.4 is 4.72 Å². The number of amides is 1. The molecule has 1 heterocycles. The average molecular weight is 284 g/mol. The lowest BCUT2D eigenvalue weighted by molar-refractivity contribution is 0.159. The quantitative estimate of drug-likeness (QED) is 0.864. The van der Waals surface area contributed by atoms with Gasteiger partial charge in [0.1, 0.15) is 6.61 Å². The van der Waals surface area contributed by atoms with E-state index in [1.807, 2.05) is 0 Å². The van der Waals surface area contributed by atoms with E-state index in [9.17, 15) is 13.2 Å². The number of cyclic esters (lactones) is 1. The molecule has 0 unspecified atom stereocenters. The fraction of sp³-hybridized carbons (Fsp3) is 0.417. The van der Waals surface area contributed by atoms with Crippen molar-refractivity contribution in [3.05, 3.63) is 29.8 Å². The van der Waals surface area contributed by atoms with Crippen molar-refractivity contribution < 1.29 is 17.9 Å². The highest BCUT2D eigenvalue weighted by Crippen LogP contribution is 2.13. The maximum Gasteiger partial charge on any atom is 0.409 e. The van der Waals surface area contributed by atoms with Crippen LogP contribution in [-0.2, 0) is 14.8 Å². The molecule has 1 aromatic rings. The minimum Gasteiger partial charge on any atom is -0.448 e. The van der Waals surface area contributed by atoms with Crippen LogP contribution in [0.4, 0.5) is 4.79 Å². The number of sulfonamides is 1. The van der Waals surface area contributed by atoms with Crippen molar-refractivity contribution in [3.63, 3.8) is 0 Å². The molecule has 0 atom stereocenters. The highest BCUT2D eigenvalue weighted by molar-refractivity contribution is 7.89. The number of benzene rings is 1. The zero-order valence-electron chi connectivity index (χ0n) is 10.6. The van der Waals surface area contributed by atoms with Crippen LogP contribution in [-0.4, -0.2) is 45.7 Å². The molecule has 104 valence electrons. The molecule has 0 radical (unpaired) electrons. The first kappa shape index (κ1) is 13.8. The van der Waals surface area contributed by atoms with Crippen molar-refractivity contribution in [3.8, 4) is 0 Å². The van der Waals surface area contributed by atoms with E-state index in [-0.39, 0.29) is 11.4 Å². The molecular weight excluding hydrogens is 268 g/mol. The summed E-state index contributed by atoms with van der Waals surface area (Å²) in [6.45, 7) is 3.09. The number of nitrogens with one attached hydrogen (secondary N) is 1. The van der Waals surface area contributed by atoms with Gasteiger partial charge < -0.3 is 9.64 Å². The predicted molar refractivity (Wildman–Crippen MR) is 69.3 cm³/mol. The zero-order valence-corrected chi connectivity index (χ0v) is 11.4. The molecule has 1 aromatic carbocycles. The minimum absolute atomic E-state index is 0.172. The lowest BCUT2D eigenvalue weighted by Gasteiger charge is -2.13. The average Bonchev–Trinajstić information content (AvgIpc) is 2.75. The van der Waals surface area contributed by atoms with E-state index in [1.54, 1.807) is 31.2 Å². The van der Waals surface area contributed by atoms with Crippen molar-refractivity contribution in [2.45, 2.75) is 11.8 Å². The van der Waals surface area contributed by atoms with Crippen LogP contribution in [0.3, 0.4) is 0 Å². The number of hydrogen-bond acceptors (Lipinski definition) is 4. The Bertz CT molecular complexity index is 571. The molecule has 7 heteroatoms. The molecule has 0 bridgehead atoms. The lowest BCUT2D eigenvalue weighted by atomic mass is 10.2. The van der Waals surface area contributed by atoms with E-state index in [2.05, 4.69) is 4.72 Å². The maximum atomic E-state index is 12.1. The number of nitrogens with zero attached hydrogens (tertiary/aromatic N) is 1. The highest BCUT2D eigenvalue weighted by atomic mass is 32.2. The van der Waals surface area contributed by atoms with Gasteiger partial charge in [0.2, 0.25) is 10.0 Å². The Balaban J connectivity index is 1.95. The summed E-state index contributed by atoms with van der Waals surface area (Å²) >= 11 is 0. The Morgan fingerprint density at radius 3 is 2.74 bits per heavy atom. The van der Waals surface area contributed by atoms with E-state index < -0.39 is 16.1 Å². The molecule has 1 fully saturated rings. The molecule has 0 aliphatic carbocycles. The van der Waals surface area contributed by atoms with Crippen LogP contribution in [0.2, 0.25) is 0 Å². The summed E-state index contributed by atoms with van der Waals surface area (Å²) in [6.07, 6.45) is -0.393. The first-order valence-corrected chi connectivity index (χ1v) is 7.46. The second kappa shape index (κ2) is 5.58. The Kier molecular flexibility index (Phi) is 4.06. The third kappa shape index (κ3) is 3.24. The molecule has 0 saturated carbocycles. The first-order chi connectivity index (χ1) is 9.00. The zero-order chi connectivity index (χ0) is 13.9. The minimum atomic E-state index is -3.53. The fourth-order valence-electron chi connectivity index (χ4n) is 1.88. The Morgan fingerprint density at radius 2 is 2.11 bits per heavy atom. The summed E-state index contributed by atoms with van der Waals surface area (Å²) in [5.74, 6) is 0. The molecule has 19 heavy (non-hydrogen) atoms. The third-order valence-electron chi connectivity index (χ3n) is 2.90. The van der Waals surface area contributed by atoms with Gasteiger partial charge in [0.15, 0.2) is 0 Å². The second-order valence-corrected chi connectivity index (χ2v) is 6.00. The van der Waals surface area contributed by atoms with Crippen LogP contribution in [0.25, 0.3) is 0 Å². The SMILES string of the molecule is Cc1ccccc1S(=O)(=O)NCCN1CCOC1=O. The van der Waals surface area contributed by atoms with Gasteiger partial charge in [0.05, 0.1) is 11.4 Å². The van der Waals surface area contributed by atoms with Crippen LogP contribution >= 0.6 is 0 Å². The van der Waals surface area contributed by atoms with Gasteiger partial charge in [-0.15, -0.1) is 0 Å². The first-order valence-electron chi connectivity index (χ1n) is 5.98. The standard InChI is InChI=1S/C12H16N2O4S/c1-10-4-2-3-5-11(10)19(16,17)13-6-7-14-8-9-18-12(14)15/h2-5,13H,6-9H2,1H3. The molecule has 2 rings (SSSR count). The molecule has 1 aliphatic heterocycles. The smallest absolute Gasteiger partial charge is 0.409 e. The summed E-state index contributed by atoms with van der Waals surface area (Å²) in [4.78, 5) is 12.9. The maximum absolute atomic E-state index is 12.1. The largest absolute Gasteiger partial charge is 0.448 e. The van der Waals surface area contributed by atoms with Crippen molar-refractivity contribution in [1.82, 2.24) is 9.62 Å². The number of carbonyl (C=O) groups is 1. The van der Waals surface area contributed by atoms with E-state index >= 15 is 0 Å². The van der Waals surface area contributed by atoms with E-state index in [0.29, 0.717) is 25.3 Å². The molecule has 1 saturated heterocycles. The van der Waals surface area contributed by atoms with Crippen LogP contribution in [0.15, 0.2) is 29.2 Å². The monoisotopic (exact) mass is 284 g/mol. The van der Waals surface area contributed by atoms with Crippen molar-refractivity contribution in [1.29, 1.82) is 0 Å². The van der Waals surface area contributed by atoms with Gasteiger partial charge in [-0.3, -0.25) is 0 Å². The number of rotatable bonds is 5. The van der Waals surface area contributed by atoms with Gasteiger partial charge in [0, 0.05) is 13.1 Å². The molecule has 1 N–H and O–H groups in total. The highest BCUT2D eigenvalue weighted by Gasteiger charge is 2.22. The van der Waals surface area contributed by atoms with Crippen molar-refractivity contribution >= 4 is 16.1 Å². The summed E-state index contributed by atoms with van der Waals surface area (Å²) in [5, 5.41) is 0. The van der Waals surface area contributed by atoms with E-state index in [0.717, 1.165) is 0 Å². The van der Waals surface area contributed by atoms with Gasteiger partial charge in [-0.1, -0.05) is 18.2 Å². The lowest BCUT2D eigenvalue weighted by Crippen LogP contribution is -2.35. The second-order valence-electron chi connectivity index (χ2n) is 4.26. The van der Waals surface area contributed by atoms with Gasteiger partial charge in [-0.25, -0.2) is 17.9 Å². The molecule has 1 amide bonds. The third-order valence-corrected chi connectivity index (χ3v) is 4.52.